The summed E-state index contributed by atoms with van der Waals surface area (Å²) in [6.45, 7) is 13.0. The first kappa shape index (κ1) is 13.7. The van der Waals surface area contributed by atoms with Crippen LogP contribution in [0.3, 0.4) is 0 Å². The second kappa shape index (κ2) is 4.63. The Labute approximate surface area is 122 Å². The standard InChI is InChI=1S/C18H25NO/c1-17(2)13-16(19-9-11-20-12-10-19)18(3,4)15-8-6-5-7-14(15)17/h5-8,13H,9-12H2,1-4H3. The van der Waals surface area contributed by atoms with E-state index in [0.717, 1.165) is 26.3 Å². The maximum absolute atomic E-state index is 5.51. The summed E-state index contributed by atoms with van der Waals surface area (Å²) in [5, 5.41) is 0. The van der Waals surface area contributed by atoms with Crippen molar-refractivity contribution in [3.05, 3.63) is 47.2 Å². The fraction of sp³-hybridized carbons (Fsp3) is 0.556. The van der Waals surface area contributed by atoms with Gasteiger partial charge in [0.25, 0.3) is 0 Å². The molecule has 0 aromatic heterocycles. The van der Waals surface area contributed by atoms with Crippen LogP contribution >= 0.6 is 0 Å². The highest BCUT2D eigenvalue weighted by Crippen LogP contribution is 2.46. The fourth-order valence-electron chi connectivity index (χ4n) is 3.62. The van der Waals surface area contributed by atoms with E-state index < -0.39 is 0 Å². The van der Waals surface area contributed by atoms with Crippen LogP contribution in [0.2, 0.25) is 0 Å². The van der Waals surface area contributed by atoms with Gasteiger partial charge in [0.05, 0.1) is 13.2 Å². The van der Waals surface area contributed by atoms with Gasteiger partial charge in [-0.2, -0.15) is 0 Å². The molecule has 3 rings (SSSR count). The van der Waals surface area contributed by atoms with Crippen LogP contribution < -0.4 is 0 Å². The summed E-state index contributed by atoms with van der Waals surface area (Å²) in [5.41, 5.74) is 4.56. The highest BCUT2D eigenvalue weighted by molar-refractivity contribution is 5.50. The molecule has 0 N–H and O–H groups in total. The van der Waals surface area contributed by atoms with E-state index in [1.165, 1.54) is 16.8 Å². The summed E-state index contributed by atoms with van der Waals surface area (Å²) in [6, 6.07) is 8.90. The first-order chi connectivity index (χ1) is 9.43. The van der Waals surface area contributed by atoms with Gasteiger partial charge in [0, 0.05) is 29.6 Å². The molecular weight excluding hydrogens is 246 g/mol. The first-order valence-electron chi connectivity index (χ1n) is 7.59. The summed E-state index contributed by atoms with van der Waals surface area (Å²) in [7, 11) is 0. The third-order valence-corrected chi connectivity index (χ3v) is 4.78. The first-order valence-corrected chi connectivity index (χ1v) is 7.59. The molecule has 1 saturated heterocycles. The SMILES string of the molecule is CC1(C)C=C(N2CCOCC2)C(C)(C)c2ccccc21. The van der Waals surface area contributed by atoms with Crippen molar-refractivity contribution < 1.29 is 4.74 Å². The highest BCUT2D eigenvalue weighted by Gasteiger charge is 2.40. The summed E-state index contributed by atoms with van der Waals surface area (Å²) < 4.78 is 5.51. The molecule has 20 heavy (non-hydrogen) atoms. The molecule has 1 fully saturated rings. The Hall–Kier alpha value is -1.28. The van der Waals surface area contributed by atoms with Crippen molar-refractivity contribution in [2.24, 2.45) is 0 Å². The zero-order chi connectivity index (χ0) is 14.4. The number of rotatable bonds is 1. The minimum atomic E-state index is 0.0729. The molecule has 1 heterocycles. The fourth-order valence-corrected chi connectivity index (χ4v) is 3.62. The Kier molecular flexibility index (Phi) is 3.17. The van der Waals surface area contributed by atoms with E-state index in [0.29, 0.717) is 0 Å². The number of ether oxygens (including phenoxy) is 1. The summed E-state index contributed by atoms with van der Waals surface area (Å²) in [4.78, 5) is 2.52. The molecule has 1 aromatic carbocycles. The van der Waals surface area contributed by atoms with Gasteiger partial charge in [-0.15, -0.1) is 0 Å². The van der Waals surface area contributed by atoms with Crippen LogP contribution in [-0.4, -0.2) is 31.2 Å². The summed E-state index contributed by atoms with van der Waals surface area (Å²) in [6.07, 6.45) is 2.47. The van der Waals surface area contributed by atoms with Gasteiger partial charge in [-0.3, -0.25) is 0 Å². The molecular formula is C18H25NO. The normalized spacial score (nSPS) is 24.0. The smallest absolute Gasteiger partial charge is 0.0642 e. The maximum Gasteiger partial charge on any atom is 0.0642 e. The van der Waals surface area contributed by atoms with Crippen molar-refractivity contribution in [2.45, 2.75) is 38.5 Å². The van der Waals surface area contributed by atoms with E-state index in [9.17, 15) is 0 Å². The quantitative estimate of drug-likeness (QED) is 0.775. The predicted octanol–water partition coefficient (Wildman–Crippen LogP) is 3.47. The lowest BCUT2D eigenvalue weighted by Crippen LogP contribution is -2.45. The number of morpholine rings is 1. The predicted molar refractivity (Wildman–Crippen MR) is 83.0 cm³/mol. The molecule has 0 radical (unpaired) electrons. The molecule has 0 amide bonds. The Morgan fingerprint density at radius 3 is 2.20 bits per heavy atom. The lowest BCUT2D eigenvalue weighted by molar-refractivity contribution is 0.0468. The lowest BCUT2D eigenvalue weighted by Gasteiger charge is -2.46. The molecule has 0 saturated carbocycles. The number of benzene rings is 1. The molecule has 108 valence electrons. The van der Waals surface area contributed by atoms with Crippen LogP contribution in [0.25, 0.3) is 0 Å². The molecule has 1 aromatic rings. The zero-order valence-electron chi connectivity index (χ0n) is 13.1. The van der Waals surface area contributed by atoms with E-state index in [1.54, 1.807) is 0 Å². The van der Waals surface area contributed by atoms with Gasteiger partial charge in [-0.1, -0.05) is 58.0 Å². The highest BCUT2D eigenvalue weighted by atomic mass is 16.5. The Balaban J connectivity index is 2.09. The van der Waals surface area contributed by atoms with Crippen molar-refractivity contribution in [2.75, 3.05) is 26.3 Å². The minimum Gasteiger partial charge on any atom is -0.378 e. The van der Waals surface area contributed by atoms with Crippen LogP contribution in [0.1, 0.15) is 38.8 Å². The van der Waals surface area contributed by atoms with Crippen LogP contribution in [0.5, 0.6) is 0 Å². The Morgan fingerprint density at radius 2 is 1.55 bits per heavy atom. The molecule has 0 atom stereocenters. The third-order valence-electron chi connectivity index (χ3n) is 4.78. The van der Waals surface area contributed by atoms with E-state index >= 15 is 0 Å². The molecule has 2 heteroatoms. The average Bonchev–Trinajstić information content (AvgIpc) is 2.45. The third kappa shape index (κ3) is 2.07. The Bertz CT molecular complexity index is 536. The van der Waals surface area contributed by atoms with Gasteiger partial charge >= 0.3 is 0 Å². The van der Waals surface area contributed by atoms with E-state index in [2.05, 4.69) is 62.9 Å². The maximum atomic E-state index is 5.51. The zero-order valence-corrected chi connectivity index (χ0v) is 13.1. The topological polar surface area (TPSA) is 12.5 Å². The van der Waals surface area contributed by atoms with Crippen molar-refractivity contribution in [1.29, 1.82) is 0 Å². The number of allylic oxidation sites excluding steroid dienone is 2. The number of fused-ring (bicyclic) bond motifs is 1. The lowest BCUT2D eigenvalue weighted by atomic mass is 9.65. The van der Waals surface area contributed by atoms with Crippen molar-refractivity contribution in [3.8, 4) is 0 Å². The molecule has 0 bridgehead atoms. The molecule has 2 aliphatic rings. The van der Waals surface area contributed by atoms with Gasteiger partial charge in [0.1, 0.15) is 0 Å². The van der Waals surface area contributed by atoms with Crippen molar-refractivity contribution >= 4 is 0 Å². The number of nitrogens with zero attached hydrogens (tertiary/aromatic N) is 1. The summed E-state index contributed by atoms with van der Waals surface area (Å²) >= 11 is 0. The van der Waals surface area contributed by atoms with Crippen LogP contribution in [0, 0.1) is 0 Å². The molecule has 0 spiro atoms. The van der Waals surface area contributed by atoms with Gasteiger partial charge in [-0.25, -0.2) is 0 Å². The second-order valence-electron chi connectivity index (χ2n) is 7.02. The van der Waals surface area contributed by atoms with Crippen molar-refractivity contribution in [1.82, 2.24) is 4.90 Å². The van der Waals surface area contributed by atoms with Crippen LogP contribution in [0.15, 0.2) is 36.0 Å². The average molecular weight is 271 g/mol. The van der Waals surface area contributed by atoms with Gasteiger partial charge in [0.15, 0.2) is 0 Å². The number of hydrogen-bond donors (Lipinski definition) is 0. The monoisotopic (exact) mass is 271 g/mol. The van der Waals surface area contributed by atoms with Crippen LogP contribution in [-0.2, 0) is 15.6 Å². The molecule has 2 nitrogen and oxygen atoms in total. The van der Waals surface area contributed by atoms with Gasteiger partial charge in [-0.05, 0) is 11.1 Å². The van der Waals surface area contributed by atoms with Crippen molar-refractivity contribution in [3.63, 3.8) is 0 Å². The van der Waals surface area contributed by atoms with Gasteiger partial charge < -0.3 is 9.64 Å². The van der Waals surface area contributed by atoms with E-state index in [4.69, 9.17) is 4.74 Å². The molecule has 1 aliphatic heterocycles. The molecule has 0 unspecified atom stereocenters. The Morgan fingerprint density at radius 1 is 0.950 bits per heavy atom. The van der Waals surface area contributed by atoms with Gasteiger partial charge in [0.2, 0.25) is 0 Å². The minimum absolute atomic E-state index is 0.0729. The summed E-state index contributed by atoms with van der Waals surface area (Å²) in [5.74, 6) is 0. The van der Waals surface area contributed by atoms with Crippen LogP contribution in [0.4, 0.5) is 0 Å². The molecule has 1 aliphatic carbocycles. The van der Waals surface area contributed by atoms with E-state index in [-0.39, 0.29) is 10.8 Å². The largest absolute Gasteiger partial charge is 0.378 e. The number of hydrogen-bond acceptors (Lipinski definition) is 2. The van der Waals surface area contributed by atoms with E-state index in [1.807, 2.05) is 0 Å². The second-order valence-corrected chi connectivity index (χ2v) is 7.02.